The lowest BCUT2D eigenvalue weighted by Crippen LogP contribution is -1.86. The van der Waals surface area contributed by atoms with Gasteiger partial charge in [0.05, 0.1) is 21.7 Å². The SMILES string of the molecule is Oc1cc2nc(-c3ccc(-c4ccccc4)cc3)c(Cl)cc2[nH]1. The molecule has 2 N–H and O–H groups in total. The van der Waals surface area contributed by atoms with E-state index in [0.29, 0.717) is 16.2 Å². The number of hydrogen-bond acceptors (Lipinski definition) is 2. The van der Waals surface area contributed by atoms with Crippen molar-refractivity contribution in [3.63, 3.8) is 0 Å². The summed E-state index contributed by atoms with van der Waals surface area (Å²) in [7, 11) is 0. The Kier molecular flexibility index (Phi) is 3.28. The number of H-pyrrole nitrogens is 1. The molecule has 2 aromatic heterocycles. The Labute approximate surface area is 138 Å². The molecule has 0 aliphatic carbocycles. The fraction of sp³-hybridized carbons (Fsp3) is 0. The predicted octanol–water partition coefficient (Wildman–Crippen LogP) is 5.26. The van der Waals surface area contributed by atoms with E-state index in [1.807, 2.05) is 30.3 Å². The number of pyridine rings is 1. The van der Waals surface area contributed by atoms with Gasteiger partial charge in [0.2, 0.25) is 0 Å². The van der Waals surface area contributed by atoms with E-state index in [4.69, 9.17) is 11.6 Å². The van der Waals surface area contributed by atoms with Crippen molar-refractivity contribution in [1.29, 1.82) is 0 Å². The Balaban J connectivity index is 1.77. The molecule has 0 saturated carbocycles. The van der Waals surface area contributed by atoms with E-state index >= 15 is 0 Å². The molecule has 4 heteroatoms. The molecule has 0 radical (unpaired) electrons. The molecule has 3 nitrogen and oxygen atoms in total. The van der Waals surface area contributed by atoms with Crippen molar-refractivity contribution < 1.29 is 5.11 Å². The number of halogens is 1. The molecule has 0 atom stereocenters. The highest BCUT2D eigenvalue weighted by Crippen LogP contribution is 2.31. The van der Waals surface area contributed by atoms with Crippen LogP contribution in [0.4, 0.5) is 0 Å². The van der Waals surface area contributed by atoms with E-state index in [2.05, 4.69) is 34.2 Å². The smallest absolute Gasteiger partial charge is 0.190 e. The van der Waals surface area contributed by atoms with E-state index in [-0.39, 0.29) is 5.88 Å². The van der Waals surface area contributed by atoms with Crippen LogP contribution in [0.5, 0.6) is 5.88 Å². The number of hydrogen-bond donors (Lipinski definition) is 2. The van der Waals surface area contributed by atoms with Crippen LogP contribution in [0.3, 0.4) is 0 Å². The molecule has 0 aliphatic rings. The van der Waals surface area contributed by atoms with Gasteiger partial charge in [-0.2, -0.15) is 0 Å². The molecule has 0 amide bonds. The zero-order chi connectivity index (χ0) is 15.8. The highest BCUT2D eigenvalue weighted by molar-refractivity contribution is 6.33. The Morgan fingerprint density at radius 1 is 0.826 bits per heavy atom. The Morgan fingerprint density at radius 3 is 2.22 bits per heavy atom. The number of nitrogens with one attached hydrogen (secondary N) is 1. The summed E-state index contributed by atoms with van der Waals surface area (Å²) in [5.41, 5.74) is 5.37. The average molecular weight is 321 g/mol. The number of benzene rings is 2. The number of nitrogens with zero attached hydrogens (tertiary/aromatic N) is 1. The summed E-state index contributed by atoms with van der Waals surface area (Å²) in [6.07, 6.45) is 0. The standard InChI is InChI=1S/C19H13ClN2O/c20-15-10-16-17(11-18(23)21-16)22-19(15)14-8-6-13(7-9-14)12-4-2-1-3-5-12/h1-11,21,23H. The number of aromatic hydroxyl groups is 1. The quantitative estimate of drug-likeness (QED) is 0.529. The minimum absolute atomic E-state index is 0.0835. The molecule has 112 valence electrons. The Bertz CT molecular complexity index is 976. The van der Waals surface area contributed by atoms with Crippen LogP contribution in [0, 0.1) is 0 Å². The molecule has 23 heavy (non-hydrogen) atoms. The summed E-state index contributed by atoms with van der Waals surface area (Å²) in [6.45, 7) is 0. The van der Waals surface area contributed by atoms with Crippen LogP contribution in [0.1, 0.15) is 0 Å². The maximum absolute atomic E-state index is 9.53. The summed E-state index contributed by atoms with van der Waals surface area (Å²) in [5, 5.41) is 10.1. The highest BCUT2D eigenvalue weighted by Gasteiger charge is 2.10. The van der Waals surface area contributed by atoms with Crippen LogP contribution in [0.2, 0.25) is 5.02 Å². The number of aromatic nitrogens is 2. The molecule has 4 aromatic rings. The van der Waals surface area contributed by atoms with Crippen molar-refractivity contribution in [2.75, 3.05) is 0 Å². The molecule has 0 saturated heterocycles. The average Bonchev–Trinajstić information content (AvgIpc) is 2.94. The molecule has 4 rings (SSSR count). The summed E-state index contributed by atoms with van der Waals surface area (Å²) in [6, 6.07) is 21.7. The van der Waals surface area contributed by atoms with E-state index in [1.165, 1.54) is 5.56 Å². The van der Waals surface area contributed by atoms with E-state index < -0.39 is 0 Å². The molecule has 0 aliphatic heterocycles. The largest absolute Gasteiger partial charge is 0.495 e. The van der Waals surface area contributed by atoms with Crippen molar-refractivity contribution in [2.24, 2.45) is 0 Å². The van der Waals surface area contributed by atoms with Crippen LogP contribution in [0.15, 0.2) is 66.7 Å². The first-order chi connectivity index (χ1) is 11.2. The number of aromatic amines is 1. The second-order valence-corrected chi connectivity index (χ2v) is 5.76. The Hall–Kier alpha value is -2.78. The molecular weight excluding hydrogens is 308 g/mol. The monoisotopic (exact) mass is 320 g/mol. The van der Waals surface area contributed by atoms with Crippen molar-refractivity contribution in [2.45, 2.75) is 0 Å². The minimum atomic E-state index is 0.0835. The topological polar surface area (TPSA) is 48.9 Å². The Morgan fingerprint density at radius 2 is 1.48 bits per heavy atom. The van der Waals surface area contributed by atoms with Crippen molar-refractivity contribution in [3.8, 4) is 28.3 Å². The summed E-state index contributed by atoms with van der Waals surface area (Å²) in [4.78, 5) is 7.36. The predicted molar refractivity (Wildman–Crippen MR) is 93.6 cm³/mol. The molecule has 0 unspecified atom stereocenters. The maximum Gasteiger partial charge on any atom is 0.190 e. The van der Waals surface area contributed by atoms with Gasteiger partial charge in [0.15, 0.2) is 5.88 Å². The first-order valence-electron chi connectivity index (χ1n) is 7.25. The highest BCUT2D eigenvalue weighted by atomic mass is 35.5. The van der Waals surface area contributed by atoms with Gasteiger partial charge in [-0.1, -0.05) is 66.2 Å². The van der Waals surface area contributed by atoms with Crippen LogP contribution >= 0.6 is 11.6 Å². The van der Waals surface area contributed by atoms with Crippen LogP contribution in [-0.2, 0) is 0 Å². The zero-order valence-corrected chi connectivity index (χ0v) is 12.9. The molecular formula is C19H13ClN2O. The van der Waals surface area contributed by atoms with Crippen molar-refractivity contribution >= 4 is 22.6 Å². The van der Waals surface area contributed by atoms with Gasteiger partial charge in [-0.3, -0.25) is 0 Å². The third kappa shape index (κ3) is 2.56. The zero-order valence-electron chi connectivity index (χ0n) is 12.1. The lowest BCUT2D eigenvalue weighted by molar-refractivity contribution is 0.458. The molecule has 0 bridgehead atoms. The molecule has 0 fully saturated rings. The van der Waals surface area contributed by atoms with Gasteiger partial charge in [0.1, 0.15) is 0 Å². The third-order valence-electron chi connectivity index (χ3n) is 3.81. The van der Waals surface area contributed by atoms with E-state index in [0.717, 1.165) is 16.6 Å². The summed E-state index contributed by atoms with van der Waals surface area (Å²) >= 11 is 6.34. The molecule has 2 aromatic carbocycles. The van der Waals surface area contributed by atoms with Gasteiger partial charge in [0.25, 0.3) is 0 Å². The van der Waals surface area contributed by atoms with Gasteiger partial charge < -0.3 is 10.1 Å². The van der Waals surface area contributed by atoms with Crippen LogP contribution in [0.25, 0.3) is 33.4 Å². The first-order valence-corrected chi connectivity index (χ1v) is 7.62. The lowest BCUT2D eigenvalue weighted by atomic mass is 10.0. The lowest BCUT2D eigenvalue weighted by Gasteiger charge is -2.06. The van der Waals surface area contributed by atoms with Crippen LogP contribution in [-0.4, -0.2) is 15.1 Å². The molecule has 0 spiro atoms. The number of rotatable bonds is 2. The fourth-order valence-electron chi connectivity index (χ4n) is 2.67. The molecule has 2 heterocycles. The van der Waals surface area contributed by atoms with Crippen molar-refractivity contribution in [3.05, 3.63) is 71.8 Å². The summed E-state index contributed by atoms with van der Waals surface area (Å²) in [5.74, 6) is 0.0835. The minimum Gasteiger partial charge on any atom is -0.495 e. The van der Waals surface area contributed by atoms with Crippen LogP contribution < -0.4 is 0 Å². The second-order valence-electron chi connectivity index (χ2n) is 5.35. The summed E-state index contributed by atoms with van der Waals surface area (Å²) < 4.78 is 0. The third-order valence-corrected chi connectivity index (χ3v) is 4.10. The van der Waals surface area contributed by atoms with E-state index in [9.17, 15) is 5.11 Å². The fourth-order valence-corrected chi connectivity index (χ4v) is 2.93. The van der Waals surface area contributed by atoms with Crippen molar-refractivity contribution in [1.82, 2.24) is 9.97 Å². The van der Waals surface area contributed by atoms with E-state index in [1.54, 1.807) is 12.1 Å². The van der Waals surface area contributed by atoms with Gasteiger partial charge >= 0.3 is 0 Å². The van der Waals surface area contributed by atoms with Gasteiger partial charge in [-0.15, -0.1) is 0 Å². The van der Waals surface area contributed by atoms with Gasteiger partial charge in [0, 0.05) is 11.6 Å². The van der Waals surface area contributed by atoms with Gasteiger partial charge in [-0.05, 0) is 17.2 Å². The first kappa shape index (κ1) is 13.9. The van der Waals surface area contributed by atoms with Gasteiger partial charge in [-0.25, -0.2) is 4.98 Å². The number of fused-ring (bicyclic) bond motifs is 1. The maximum atomic E-state index is 9.53. The normalized spacial score (nSPS) is 11.0. The second kappa shape index (κ2) is 5.45.